The fourth-order valence-corrected chi connectivity index (χ4v) is 6.03. The Morgan fingerprint density at radius 1 is 1.09 bits per heavy atom. The highest BCUT2D eigenvalue weighted by Crippen LogP contribution is 2.43. The number of likely N-dealkylation sites (tertiary alicyclic amines) is 1. The van der Waals surface area contributed by atoms with Gasteiger partial charge in [0.05, 0.1) is 23.3 Å². The number of carbonyl (C=O) groups excluding carboxylic acids is 2. The van der Waals surface area contributed by atoms with E-state index in [1.54, 1.807) is 0 Å². The van der Waals surface area contributed by atoms with Gasteiger partial charge in [-0.2, -0.15) is 0 Å². The maximum atomic E-state index is 13.4. The van der Waals surface area contributed by atoms with Crippen LogP contribution in [0.15, 0.2) is 28.7 Å². The molecule has 4 heterocycles. The zero-order valence-electron chi connectivity index (χ0n) is 18.5. The van der Waals surface area contributed by atoms with Gasteiger partial charge in [0, 0.05) is 37.2 Å². The molecule has 0 bridgehead atoms. The Kier molecular flexibility index (Phi) is 4.41. The summed E-state index contributed by atoms with van der Waals surface area (Å²) in [6, 6.07) is 7.58. The predicted molar refractivity (Wildman–Crippen MR) is 119 cm³/mol. The number of anilines is 1. The fraction of sp³-hybridized carbons (Fsp3) is 0.520. The summed E-state index contributed by atoms with van der Waals surface area (Å²) in [4.78, 5) is 28.0. The Balaban J connectivity index is 1.16. The number of piperidine rings is 1. The molecule has 3 aliphatic heterocycles. The molecule has 0 saturated carbocycles. The van der Waals surface area contributed by atoms with Gasteiger partial charge in [0.25, 0.3) is 11.8 Å². The largest absolute Gasteiger partial charge is 0.465 e. The number of amides is 2. The minimum absolute atomic E-state index is 0.0622. The zero-order chi connectivity index (χ0) is 21.9. The van der Waals surface area contributed by atoms with Crippen molar-refractivity contribution in [2.75, 3.05) is 25.0 Å². The van der Waals surface area contributed by atoms with Crippen LogP contribution in [0, 0.1) is 6.92 Å². The lowest BCUT2D eigenvalue weighted by Gasteiger charge is -2.41. The highest BCUT2D eigenvalue weighted by molar-refractivity contribution is 6.02. The van der Waals surface area contributed by atoms with E-state index in [1.807, 2.05) is 36.1 Å². The monoisotopic (exact) mass is 435 g/mol. The Bertz CT molecular complexity index is 1100. The van der Waals surface area contributed by atoms with Gasteiger partial charge in [-0.1, -0.05) is 12.1 Å². The van der Waals surface area contributed by atoms with Crippen LogP contribution in [0.1, 0.15) is 69.9 Å². The zero-order valence-corrected chi connectivity index (χ0v) is 18.5. The molecule has 1 aromatic heterocycles. The van der Waals surface area contributed by atoms with E-state index >= 15 is 0 Å². The van der Waals surface area contributed by atoms with Gasteiger partial charge in [-0.15, -0.1) is 0 Å². The fourth-order valence-electron chi connectivity index (χ4n) is 6.03. The van der Waals surface area contributed by atoms with Crippen molar-refractivity contribution in [3.63, 3.8) is 0 Å². The molecule has 1 aliphatic carbocycles. The lowest BCUT2D eigenvalue weighted by Crippen LogP contribution is -2.59. The Morgan fingerprint density at radius 3 is 2.72 bits per heavy atom. The molecular formula is C25H29N3O4. The van der Waals surface area contributed by atoms with Crippen molar-refractivity contribution in [1.82, 2.24) is 10.2 Å². The maximum absolute atomic E-state index is 13.4. The third-order valence-corrected chi connectivity index (χ3v) is 7.67. The molecule has 7 heteroatoms. The van der Waals surface area contributed by atoms with Gasteiger partial charge in [-0.25, -0.2) is 0 Å². The molecule has 2 spiro atoms. The van der Waals surface area contributed by atoms with E-state index < -0.39 is 5.66 Å². The first-order valence-electron chi connectivity index (χ1n) is 11.7. The number of nitrogens with zero attached hydrogens (tertiary/aromatic N) is 1. The smallest absolute Gasteiger partial charge is 0.257 e. The molecule has 2 amide bonds. The van der Waals surface area contributed by atoms with Crippen LogP contribution in [-0.4, -0.2) is 47.7 Å². The third-order valence-electron chi connectivity index (χ3n) is 7.67. The van der Waals surface area contributed by atoms with Gasteiger partial charge >= 0.3 is 0 Å². The molecule has 1 aromatic carbocycles. The van der Waals surface area contributed by atoms with E-state index in [0.29, 0.717) is 31.7 Å². The van der Waals surface area contributed by atoms with Gasteiger partial charge in [0.2, 0.25) is 0 Å². The molecule has 2 saturated heterocycles. The van der Waals surface area contributed by atoms with Crippen molar-refractivity contribution < 1.29 is 18.7 Å². The van der Waals surface area contributed by atoms with E-state index in [1.165, 1.54) is 0 Å². The van der Waals surface area contributed by atoms with E-state index in [2.05, 4.69) is 10.6 Å². The number of aryl methyl sites for hydroxylation is 2. The van der Waals surface area contributed by atoms with Crippen molar-refractivity contribution in [1.29, 1.82) is 0 Å². The summed E-state index contributed by atoms with van der Waals surface area (Å²) in [5.74, 6) is 1.79. The summed E-state index contributed by atoms with van der Waals surface area (Å²) in [5, 5.41) is 6.67. The van der Waals surface area contributed by atoms with Gasteiger partial charge in [0.15, 0.2) is 0 Å². The number of hydrogen-bond acceptors (Lipinski definition) is 5. The van der Waals surface area contributed by atoms with Crippen LogP contribution in [-0.2, 0) is 17.6 Å². The number of carbonyl (C=O) groups is 2. The SMILES string of the molecule is Cc1oc2c(c1C(=O)N1CCC3(CC1)C[C@@]1(CO3)NC(=O)c3ccccc3N1)CCCC2. The number of furan rings is 1. The summed E-state index contributed by atoms with van der Waals surface area (Å²) >= 11 is 0. The number of fused-ring (bicyclic) bond motifs is 2. The summed E-state index contributed by atoms with van der Waals surface area (Å²) in [5.41, 5.74) is 2.52. The summed E-state index contributed by atoms with van der Waals surface area (Å²) in [6.45, 7) is 3.64. The summed E-state index contributed by atoms with van der Waals surface area (Å²) in [7, 11) is 0. The second kappa shape index (κ2) is 7.10. The topological polar surface area (TPSA) is 83.8 Å². The number of hydrogen-bond donors (Lipinski definition) is 2. The molecule has 0 unspecified atom stereocenters. The van der Waals surface area contributed by atoms with Crippen LogP contribution in [0.2, 0.25) is 0 Å². The van der Waals surface area contributed by atoms with Gasteiger partial charge in [0.1, 0.15) is 17.2 Å². The highest BCUT2D eigenvalue weighted by Gasteiger charge is 2.53. The van der Waals surface area contributed by atoms with Crippen molar-refractivity contribution in [3.05, 3.63) is 52.5 Å². The Labute approximate surface area is 187 Å². The molecule has 2 fully saturated rings. The van der Waals surface area contributed by atoms with E-state index in [9.17, 15) is 9.59 Å². The molecule has 168 valence electrons. The lowest BCUT2D eigenvalue weighted by atomic mass is 9.84. The van der Waals surface area contributed by atoms with Gasteiger partial charge in [-0.05, 0) is 51.2 Å². The molecule has 0 radical (unpaired) electrons. The highest BCUT2D eigenvalue weighted by atomic mass is 16.5. The van der Waals surface area contributed by atoms with Gasteiger partial charge in [-0.3, -0.25) is 9.59 Å². The van der Waals surface area contributed by atoms with Crippen LogP contribution < -0.4 is 10.6 Å². The summed E-state index contributed by atoms with van der Waals surface area (Å²) < 4.78 is 12.3. The molecular weight excluding hydrogens is 406 g/mol. The molecule has 4 aliphatic rings. The normalized spacial score (nSPS) is 25.9. The minimum atomic E-state index is -0.585. The Hall–Kier alpha value is -2.80. The van der Waals surface area contributed by atoms with Crippen molar-refractivity contribution in [2.45, 2.75) is 63.1 Å². The first-order chi connectivity index (χ1) is 15.5. The number of rotatable bonds is 1. The average molecular weight is 436 g/mol. The number of para-hydroxylation sites is 1. The number of nitrogens with one attached hydrogen (secondary N) is 2. The molecule has 7 nitrogen and oxygen atoms in total. The van der Waals surface area contributed by atoms with Crippen molar-refractivity contribution in [3.8, 4) is 0 Å². The average Bonchev–Trinajstić information content (AvgIpc) is 3.30. The number of benzene rings is 1. The second-order valence-electron chi connectivity index (χ2n) is 9.79. The predicted octanol–water partition coefficient (Wildman–Crippen LogP) is 3.41. The molecule has 6 rings (SSSR count). The van der Waals surface area contributed by atoms with Crippen LogP contribution in [0.3, 0.4) is 0 Å². The van der Waals surface area contributed by atoms with Crippen LogP contribution in [0.4, 0.5) is 5.69 Å². The van der Waals surface area contributed by atoms with Crippen molar-refractivity contribution in [2.24, 2.45) is 0 Å². The second-order valence-corrected chi connectivity index (χ2v) is 9.79. The maximum Gasteiger partial charge on any atom is 0.257 e. The van der Waals surface area contributed by atoms with Crippen LogP contribution in [0.25, 0.3) is 0 Å². The molecule has 2 aromatic rings. The standard InChI is InChI=1S/C25H29N3O4/c1-16-21(18-7-3-5-9-20(18)32-16)23(30)28-12-10-24(11-13-28)14-25(15-31-24)26-19-8-4-2-6-17(19)22(29)27-25/h2,4,6,8,26H,3,5,7,9-15H2,1H3,(H,27,29)/t25-/m0/s1. The van der Waals surface area contributed by atoms with E-state index in [0.717, 1.165) is 66.9 Å². The Morgan fingerprint density at radius 2 is 1.88 bits per heavy atom. The number of ether oxygens (including phenoxy) is 1. The van der Waals surface area contributed by atoms with E-state index in [-0.39, 0.29) is 17.4 Å². The van der Waals surface area contributed by atoms with Gasteiger partial charge < -0.3 is 24.7 Å². The van der Waals surface area contributed by atoms with Crippen LogP contribution >= 0.6 is 0 Å². The quantitative estimate of drug-likeness (QED) is 0.717. The van der Waals surface area contributed by atoms with Crippen LogP contribution in [0.5, 0.6) is 0 Å². The first-order valence-corrected chi connectivity index (χ1v) is 11.7. The molecule has 1 atom stereocenters. The summed E-state index contributed by atoms with van der Waals surface area (Å²) in [6.07, 6.45) is 6.34. The third kappa shape index (κ3) is 3.05. The molecule has 32 heavy (non-hydrogen) atoms. The lowest BCUT2D eigenvalue weighted by molar-refractivity contribution is -0.0393. The first kappa shape index (κ1) is 19.9. The van der Waals surface area contributed by atoms with E-state index in [4.69, 9.17) is 9.15 Å². The molecule has 2 N–H and O–H groups in total. The minimum Gasteiger partial charge on any atom is -0.465 e. The van der Waals surface area contributed by atoms with Crippen molar-refractivity contribution >= 4 is 17.5 Å².